The third-order valence-corrected chi connectivity index (χ3v) is 3.04. The summed E-state index contributed by atoms with van der Waals surface area (Å²) in [7, 11) is 1.41. The van der Waals surface area contributed by atoms with Gasteiger partial charge in [0, 0.05) is 4.90 Å². The molecule has 16 heavy (non-hydrogen) atoms. The van der Waals surface area contributed by atoms with Crippen LogP contribution in [0.25, 0.3) is 0 Å². The molecule has 0 heterocycles. The first-order chi connectivity index (χ1) is 7.51. The van der Waals surface area contributed by atoms with E-state index in [0.29, 0.717) is 5.75 Å². The predicted molar refractivity (Wildman–Crippen MR) is 61.5 cm³/mol. The van der Waals surface area contributed by atoms with Gasteiger partial charge in [-0.25, -0.2) is 4.79 Å². The van der Waals surface area contributed by atoms with E-state index in [2.05, 4.69) is 0 Å². The summed E-state index contributed by atoms with van der Waals surface area (Å²) in [6, 6.07) is 3.22. The van der Waals surface area contributed by atoms with Crippen molar-refractivity contribution in [2.24, 2.45) is 0 Å². The Morgan fingerprint density at radius 3 is 2.44 bits per heavy atom. The highest BCUT2D eigenvalue weighted by atomic mass is 32.2. The minimum Gasteiger partial charge on any atom is -0.496 e. The lowest BCUT2D eigenvalue weighted by Crippen LogP contribution is -2.14. The Kier molecular flexibility index (Phi) is 3.95. The molecule has 0 spiro atoms. The second-order valence-corrected chi connectivity index (χ2v) is 4.00. The minimum atomic E-state index is -1.48. The molecule has 0 bridgehead atoms. The SMILES string of the molecule is COc1cc(C)c(SC)cc1C(=O)C(=O)O. The highest BCUT2D eigenvalue weighted by Crippen LogP contribution is 2.28. The van der Waals surface area contributed by atoms with Crippen LogP contribution >= 0.6 is 11.8 Å². The van der Waals surface area contributed by atoms with Gasteiger partial charge < -0.3 is 9.84 Å². The van der Waals surface area contributed by atoms with Gasteiger partial charge in [0.05, 0.1) is 12.7 Å². The fraction of sp³-hybridized carbons (Fsp3) is 0.273. The molecule has 86 valence electrons. The van der Waals surface area contributed by atoms with Crippen LogP contribution < -0.4 is 4.74 Å². The molecule has 5 heteroatoms. The van der Waals surface area contributed by atoms with Gasteiger partial charge in [-0.3, -0.25) is 4.79 Å². The van der Waals surface area contributed by atoms with Gasteiger partial charge in [0.1, 0.15) is 5.75 Å². The molecular weight excluding hydrogens is 228 g/mol. The van der Waals surface area contributed by atoms with Crippen LogP contribution in [-0.4, -0.2) is 30.2 Å². The number of thioether (sulfide) groups is 1. The Balaban J connectivity index is 3.35. The molecule has 0 radical (unpaired) electrons. The van der Waals surface area contributed by atoms with Crippen molar-refractivity contribution in [2.45, 2.75) is 11.8 Å². The number of methoxy groups -OCH3 is 1. The van der Waals surface area contributed by atoms with E-state index in [1.54, 1.807) is 12.1 Å². The molecule has 0 aliphatic carbocycles. The maximum Gasteiger partial charge on any atom is 0.377 e. The van der Waals surface area contributed by atoms with Crippen LogP contribution in [0.2, 0.25) is 0 Å². The molecule has 1 N–H and O–H groups in total. The number of carboxylic acids is 1. The number of carboxylic acid groups (broad SMARTS) is 1. The van der Waals surface area contributed by atoms with Crippen LogP contribution in [-0.2, 0) is 4.79 Å². The number of ketones is 1. The molecule has 1 aromatic rings. The Morgan fingerprint density at radius 1 is 1.38 bits per heavy atom. The monoisotopic (exact) mass is 240 g/mol. The van der Waals surface area contributed by atoms with Crippen molar-refractivity contribution in [3.63, 3.8) is 0 Å². The highest BCUT2D eigenvalue weighted by molar-refractivity contribution is 7.98. The second kappa shape index (κ2) is 5.03. The fourth-order valence-electron chi connectivity index (χ4n) is 1.34. The average molecular weight is 240 g/mol. The molecule has 0 aromatic heterocycles. The van der Waals surface area contributed by atoms with E-state index < -0.39 is 11.8 Å². The van der Waals surface area contributed by atoms with Crippen molar-refractivity contribution in [1.82, 2.24) is 0 Å². The molecule has 0 saturated heterocycles. The third kappa shape index (κ3) is 2.36. The summed E-state index contributed by atoms with van der Waals surface area (Å²) < 4.78 is 5.00. The number of aryl methyl sites for hydroxylation is 1. The molecule has 1 aromatic carbocycles. The van der Waals surface area contributed by atoms with Crippen LogP contribution in [0.3, 0.4) is 0 Å². The van der Waals surface area contributed by atoms with E-state index in [1.165, 1.54) is 18.9 Å². The Morgan fingerprint density at radius 2 is 2.00 bits per heavy atom. The van der Waals surface area contributed by atoms with E-state index in [9.17, 15) is 9.59 Å². The Labute approximate surface area is 97.6 Å². The first-order valence-corrected chi connectivity index (χ1v) is 5.74. The van der Waals surface area contributed by atoms with Crippen molar-refractivity contribution in [3.8, 4) is 5.75 Å². The standard InChI is InChI=1S/C11H12O4S/c1-6-4-8(15-2)7(5-9(6)16-3)10(12)11(13)14/h4-5H,1-3H3,(H,13,14). The minimum absolute atomic E-state index is 0.0879. The zero-order chi connectivity index (χ0) is 12.3. The van der Waals surface area contributed by atoms with Crippen LogP contribution in [0.5, 0.6) is 5.75 Å². The molecule has 0 atom stereocenters. The summed E-state index contributed by atoms with van der Waals surface area (Å²) in [5, 5.41) is 8.68. The van der Waals surface area contributed by atoms with Crippen molar-refractivity contribution in [3.05, 3.63) is 23.3 Å². The van der Waals surface area contributed by atoms with Crippen LogP contribution in [0, 0.1) is 6.92 Å². The topological polar surface area (TPSA) is 63.6 Å². The van der Waals surface area contributed by atoms with Gasteiger partial charge in [-0.15, -0.1) is 11.8 Å². The van der Waals surface area contributed by atoms with E-state index >= 15 is 0 Å². The zero-order valence-corrected chi connectivity index (χ0v) is 10.1. The van der Waals surface area contributed by atoms with Crippen LogP contribution in [0.1, 0.15) is 15.9 Å². The van der Waals surface area contributed by atoms with Gasteiger partial charge in [-0.05, 0) is 30.9 Å². The van der Waals surface area contributed by atoms with Crippen LogP contribution in [0.4, 0.5) is 0 Å². The molecule has 0 fully saturated rings. The van der Waals surface area contributed by atoms with Gasteiger partial charge in [-0.2, -0.15) is 0 Å². The summed E-state index contributed by atoms with van der Waals surface area (Å²) in [5.41, 5.74) is 1.04. The van der Waals surface area contributed by atoms with E-state index in [-0.39, 0.29) is 5.56 Å². The van der Waals surface area contributed by atoms with Crippen LogP contribution in [0.15, 0.2) is 17.0 Å². The molecule has 0 aliphatic heterocycles. The predicted octanol–water partition coefficient (Wildman–Crippen LogP) is 1.99. The smallest absolute Gasteiger partial charge is 0.377 e. The fourth-order valence-corrected chi connectivity index (χ4v) is 1.96. The molecule has 0 aliphatic rings. The number of benzene rings is 1. The van der Waals surface area contributed by atoms with E-state index in [1.807, 2.05) is 13.2 Å². The number of carbonyl (C=O) groups is 2. The lowest BCUT2D eigenvalue weighted by atomic mass is 10.1. The maximum atomic E-state index is 11.4. The summed E-state index contributed by atoms with van der Waals surface area (Å²) in [6.07, 6.45) is 1.86. The quantitative estimate of drug-likeness (QED) is 0.495. The van der Waals surface area contributed by atoms with Crippen molar-refractivity contribution in [1.29, 1.82) is 0 Å². The number of aliphatic carboxylic acids is 1. The number of hydrogen-bond donors (Lipinski definition) is 1. The number of carbonyl (C=O) groups excluding carboxylic acids is 1. The Bertz CT molecular complexity index is 440. The third-order valence-electron chi connectivity index (χ3n) is 2.16. The van der Waals surface area contributed by atoms with Crippen molar-refractivity contribution in [2.75, 3.05) is 13.4 Å². The average Bonchev–Trinajstić information content (AvgIpc) is 2.27. The molecular formula is C11H12O4S. The van der Waals surface area contributed by atoms with Gasteiger partial charge in [0.2, 0.25) is 0 Å². The lowest BCUT2D eigenvalue weighted by Gasteiger charge is -2.10. The first-order valence-electron chi connectivity index (χ1n) is 4.51. The van der Waals surface area contributed by atoms with Gasteiger partial charge >= 0.3 is 5.97 Å². The summed E-state index contributed by atoms with van der Waals surface area (Å²) in [6.45, 7) is 1.88. The van der Waals surface area contributed by atoms with Gasteiger partial charge in [0.25, 0.3) is 5.78 Å². The maximum absolute atomic E-state index is 11.4. The van der Waals surface area contributed by atoms with Gasteiger partial charge in [-0.1, -0.05) is 0 Å². The molecule has 0 saturated carbocycles. The molecule has 1 rings (SSSR count). The normalized spacial score (nSPS) is 9.94. The number of hydrogen-bond acceptors (Lipinski definition) is 4. The second-order valence-electron chi connectivity index (χ2n) is 3.16. The largest absolute Gasteiger partial charge is 0.496 e. The molecule has 0 unspecified atom stereocenters. The van der Waals surface area contributed by atoms with E-state index in [4.69, 9.17) is 9.84 Å². The van der Waals surface area contributed by atoms with Crippen molar-refractivity contribution < 1.29 is 19.4 Å². The summed E-state index contributed by atoms with van der Waals surface area (Å²) in [4.78, 5) is 22.9. The van der Waals surface area contributed by atoms with Gasteiger partial charge in [0.15, 0.2) is 0 Å². The number of rotatable bonds is 4. The first kappa shape index (κ1) is 12.6. The van der Waals surface area contributed by atoms with E-state index in [0.717, 1.165) is 10.5 Å². The zero-order valence-electron chi connectivity index (χ0n) is 9.23. The highest BCUT2D eigenvalue weighted by Gasteiger charge is 2.20. The Hall–Kier alpha value is -1.49. The van der Waals surface area contributed by atoms with Crippen molar-refractivity contribution >= 4 is 23.5 Å². The number of ether oxygens (including phenoxy) is 1. The number of Topliss-reactive ketones (excluding diaryl/α,β-unsaturated/α-hetero) is 1. The molecule has 4 nitrogen and oxygen atoms in total. The molecule has 0 amide bonds. The summed E-state index contributed by atoms with van der Waals surface area (Å²) >= 11 is 1.46. The summed E-state index contributed by atoms with van der Waals surface area (Å²) in [5.74, 6) is -2.14. The lowest BCUT2D eigenvalue weighted by molar-refractivity contribution is -0.131.